The Kier molecular flexibility index (Phi) is 9.37. The van der Waals surface area contributed by atoms with Gasteiger partial charge in [0.2, 0.25) is 0 Å². The second kappa shape index (κ2) is 15.5. The van der Waals surface area contributed by atoms with Crippen LogP contribution in [0, 0.1) is 0 Å². The van der Waals surface area contributed by atoms with Gasteiger partial charge in [0.15, 0.2) is 0 Å². The Morgan fingerprint density at radius 2 is 0.568 bits per heavy atom. The third-order valence-corrected chi connectivity index (χ3v) is 18.0. The van der Waals surface area contributed by atoms with Gasteiger partial charge in [0.05, 0.1) is 5.41 Å². The molecule has 2 unspecified atom stereocenters. The summed E-state index contributed by atoms with van der Waals surface area (Å²) >= 11 is 0. The molecule has 4 aliphatic carbocycles. The van der Waals surface area contributed by atoms with E-state index in [1.165, 1.54) is 111 Å². The van der Waals surface area contributed by atoms with Crippen molar-refractivity contribution in [3.8, 4) is 44.5 Å². The highest BCUT2D eigenvalue weighted by atomic mass is 15.1. The molecule has 4 aliphatic rings. The Labute approximate surface area is 437 Å². The molecule has 0 fully saturated rings. The Morgan fingerprint density at radius 3 is 0.973 bits per heavy atom. The zero-order valence-electron chi connectivity index (χ0n) is 43.8. The molecular weight excluding hydrogens is 891 g/mol. The molecule has 0 bridgehead atoms. The topological polar surface area (TPSA) is 3.24 Å². The van der Waals surface area contributed by atoms with Gasteiger partial charge in [0.1, 0.15) is 0 Å². The lowest BCUT2D eigenvalue weighted by Gasteiger charge is -2.34. The molecule has 0 heterocycles. The second-order valence-electron chi connectivity index (χ2n) is 23.9. The average molecular weight is 952 g/mol. The minimum atomic E-state index is -0.544. The first-order chi connectivity index (χ1) is 35.7. The largest absolute Gasteiger partial charge is 0.310 e. The summed E-state index contributed by atoms with van der Waals surface area (Å²) in [6, 6.07) is 86.4. The minimum Gasteiger partial charge on any atom is -0.310 e. The van der Waals surface area contributed by atoms with Crippen LogP contribution in [0.5, 0.6) is 0 Å². The number of anilines is 3. The maximum atomic E-state index is 2.58. The lowest BCUT2D eigenvalue weighted by Crippen LogP contribution is -2.27. The van der Waals surface area contributed by atoms with Crippen LogP contribution in [0.4, 0.5) is 17.1 Å². The molecule has 1 heteroatoms. The number of hydrogen-bond donors (Lipinski definition) is 0. The van der Waals surface area contributed by atoms with E-state index in [0.717, 1.165) is 17.1 Å². The van der Waals surface area contributed by atoms with Crippen LogP contribution in [0.3, 0.4) is 0 Å². The molecule has 0 radical (unpaired) electrons. The van der Waals surface area contributed by atoms with E-state index in [-0.39, 0.29) is 21.7 Å². The summed E-state index contributed by atoms with van der Waals surface area (Å²) < 4.78 is 0. The normalized spacial score (nSPS) is 17.9. The number of nitrogens with zero attached hydrogens (tertiary/aromatic N) is 1. The Balaban J connectivity index is 1.06. The lowest BCUT2D eigenvalue weighted by molar-refractivity contribution is 0.586. The van der Waals surface area contributed by atoms with Gasteiger partial charge in [0, 0.05) is 27.9 Å². The van der Waals surface area contributed by atoms with Crippen molar-refractivity contribution in [1.82, 2.24) is 0 Å². The quantitative estimate of drug-likeness (QED) is 0.166. The molecule has 0 saturated heterocycles. The van der Waals surface area contributed by atoms with Crippen LogP contribution in [-0.2, 0) is 27.1 Å². The van der Waals surface area contributed by atoms with Crippen LogP contribution >= 0.6 is 0 Å². The van der Waals surface area contributed by atoms with Gasteiger partial charge in [-0.05, 0) is 172 Å². The van der Waals surface area contributed by atoms with Crippen molar-refractivity contribution in [1.29, 1.82) is 0 Å². The van der Waals surface area contributed by atoms with Crippen molar-refractivity contribution in [3.05, 3.63) is 291 Å². The van der Waals surface area contributed by atoms with Crippen molar-refractivity contribution in [2.24, 2.45) is 0 Å². The first-order valence-electron chi connectivity index (χ1n) is 26.7. The summed E-state index contributed by atoms with van der Waals surface area (Å²) in [5.41, 5.74) is 28.6. The summed E-state index contributed by atoms with van der Waals surface area (Å²) in [6.07, 6.45) is 0. The molecule has 10 aromatic carbocycles. The molecule has 1 spiro atoms. The monoisotopic (exact) mass is 951 g/mol. The van der Waals surface area contributed by atoms with Gasteiger partial charge >= 0.3 is 0 Å². The Hall–Kier alpha value is -8.00. The van der Waals surface area contributed by atoms with Crippen molar-refractivity contribution in [3.63, 3.8) is 0 Å². The summed E-state index contributed by atoms with van der Waals surface area (Å²) in [7, 11) is 0. The van der Waals surface area contributed by atoms with Crippen molar-refractivity contribution in [2.75, 3.05) is 4.90 Å². The molecule has 1 nitrogen and oxygen atoms in total. The first kappa shape index (κ1) is 44.7. The third kappa shape index (κ3) is 5.99. The van der Waals surface area contributed by atoms with Crippen molar-refractivity contribution < 1.29 is 0 Å². The third-order valence-electron chi connectivity index (χ3n) is 18.0. The van der Waals surface area contributed by atoms with E-state index in [9.17, 15) is 0 Å². The number of benzene rings is 10. The molecule has 0 saturated carbocycles. The summed E-state index contributed by atoms with van der Waals surface area (Å²) in [4.78, 5) is 2.58. The van der Waals surface area contributed by atoms with Gasteiger partial charge in [-0.2, -0.15) is 0 Å². The average Bonchev–Trinajstić information content (AvgIpc) is 4.11. The predicted molar refractivity (Wildman–Crippen MR) is 310 cm³/mol. The summed E-state index contributed by atoms with van der Waals surface area (Å²) in [5.74, 6) is 0. The van der Waals surface area contributed by atoms with Crippen LogP contribution in [-0.4, -0.2) is 0 Å². The van der Waals surface area contributed by atoms with Crippen LogP contribution in [0.25, 0.3) is 44.5 Å². The Bertz CT molecular complexity index is 3750. The number of hydrogen-bond acceptors (Lipinski definition) is 1. The second-order valence-corrected chi connectivity index (χ2v) is 23.9. The molecular formula is C73H61N. The van der Waals surface area contributed by atoms with E-state index in [1.54, 1.807) is 0 Å². The van der Waals surface area contributed by atoms with Crippen LogP contribution < -0.4 is 4.90 Å². The lowest BCUT2D eigenvalue weighted by atomic mass is 9.68. The fraction of sp³-hybridized carbons (Fsp3) is 0.178. The van der Waals surface area contributed by atoms with Crippen LogP contribution in [0.2, 0.25) is 0 Å². The molecule has 0 N–H and O–H groups in total. The molecule has 0 aliphatic heterocycles. The highest BCUT2D eigenvalue weighted by Gasteiger charge is 2.53. The maximum absolute atomic E-state index is 2.58. The fourth-order valence-electron chi connectivity index (χ4n) is 14.1. The van der Waals surface area contributed by atoms with Crippen LogP contribution in [0.15, 0.2) is 224 Å². The van der Waals surface area contributed by atoms with Gasteiger partial charge < -0.3 is 4.90 Å². The fourth-order valence-corrected chi connectivity index (χ4v) is 14.1. The molecule has 358 valence electrons. The van der Waals surface area contributed by atoms with E-state index in [4.69, 9.17) is 0 Å². The zero-order chi connectivity index (χ0) is 50.5. The van der Waals surface area contributed by atoms with Gasteiger partial charge in [0.25, 0.3) is 0 Å². The van der Waals surface area contributed by atoms with E-state index in [0.29, 0.717) is 0 Å². The summed E-state index contributed by atoms with van der Waals surface area (Å²) in [5, 5.41) is 0. The molecule has 0 aromatic heterocycles. The standard InChI is InChI=1S/C73H61N/c1-69(2,3)48-31-36-58-59-37-32-49(70(4,5)6)42-67(59)73(66(58)41-48)63-30-20-17-27-55(63)60-40-35-52(45-68(60)73)74(50-33-38-56-53-25-15-18-28-61(53)71(7,64(56)43-50)46-21-11-9-12-22-46)51-34-39-57-54-26-16-19-29-62(54)72(8,65(57)44-51)47-23-13-10-14-24-47/h9-45H,1-8H3. The van der Waals surface area contributed by atoms with Crippen molar-refractivity contribution >= 4 is 17.1 Å². The van der Waals surface area contributed by atoms with Gasteiger partial charge in [-0.15, -0.1) is 0 Å². The molecule has 2 atom stereocenters. The first-order valence-corrected chi connectivity index (χ1v) is 26.7. The number of fused-ring (bicyclic) bond motifs is 16. The molecule has 10 aromatic rings. The smallest absolute Gasteiger partial charge is 0.0726 e. The highest BCUT2D eigenvalue weighted by Crippen LogP contribution is 2.65. The van der Waals surface area contributed by atoms with Gasteiger partial charge in [-0.25, -0.2) is 0 Å². The highest BCUT2D eigenvalue weighted by molar-refractivity contribution is 5.97. The predicted octanol–water partition coefficient (Wildman–Crippen LogP) is 18.8. The van der Waals surface area contributed by atoms with Gasteiger partial charge in [-0.3, -0.25) is 0 Å². The van der Waals surface area contributed by atoms with E-state index in [1.807, 2.05) is 0 Å². The van der Waals surface area contributed by atoms with Gasteiger partial charge in [-0.1, -0.05) is 230 Å². The Morgan fingerprint density at radius 1 is 0.270 bits per heavy atom. The molecule has 0 amide bonds. The minimum absolute atomic E-state index is 0.0376. The zero-order valence-corrected chi connectivity index (χ0v) is 43.8. The van der Waals surface area contributed by atoms with Crippen molar-refractivity contribution in [2.45, 2.75) is 82.5 Å². The maximum Gasteiger partial charge on any atom is 0.0726 e. The SMILES string of the molecule is CC(C)(C)c1ccc2c(c1)C1(c3ccccc3-c3ccc(N(c4ccc5c(c4)C(C)(c4ccccc4)c4ccccc4-5)c4ccc5c(c4)C(C)(c4ccccc4)c4ccccc4-5)cc31)c1cc(C(C)(C)C)ccc1-2. The summed E-state index contributed by atoms with van der Waals surface area (Å²) in [6.45, 7) is 19.0. The molecule has 14 rings (SSSR count). The van der Waals surface area contributed by atoms with E-state index >= 15 is 0 Å². The molecule has 74 heavy (non-hydrogen) atoms. The number of rotatable bonds is 5. The van der Waals surface area contributed by atoms with E-state index < -0.39 is 5.41 Å². The van der Waals surface area contributed by atoms with Crippen LogP contribution in [0.1, 0.15) is 122 Å². The van der Waals surface area contributed by atoms with E-state index in [2.05, 4.69) is 285 Å².